The van der Waals surface area contributed by atoms with Crippen molar-refractivity contribution in [3.05, 3.63) is 54.9 Å². The van der Waals surface area contributed by atoms with Crippen molar-refractivity contribution in [3.8, 4) is 5.75 Å². The van der Waals surface area contributed by atoms with Crippen molar-refractivity contribution in [2.24, 2.45) is 10.2 Å². The Morgan fingerprint density at radius 2 is 1.85 bits per heavy atom. The maximum Gasteiger partial charge on any atom is 1.00 e. The normalized spacial score (nSPS) is 10.9. The number of anilines is 3. The maximum absolute atomic E-state index is 11.9. The minimum absolute atomic E-state index is 0. The number of methoxy groups -OCH3 is 1. The van der Waals surface area contributed by atoms with Crippen molar-refractivity contribution >= 4 is 72.4 Å². The third-order valence-corrected chi connectivity index (χ3v) is 6.73. The summed E-state index contributed by atoms with van der Waals surface area (Å²) in [7, 11) is -2.86. The summed E-state index contributed by atoms with van der Waals surface area (Å²) in [5.74, 6) is -0.0911. The Morgan fingerprint density at radius 3 is 2.46 bits per heavy atom. The average molecular weight is 673 g/mol. The van der Waals surface area contributed by atoms with Crippen molar-refractivity contribution < 1.29 is 140 Å². The molecule has 1 heterocycles. The van der Waals surface area contributed by atoms with E-state index in [0.717, 1.165) is 11.5 Å². The van der Waals surface area contributed by atoms with Crippen LogP contribution in [0.15, 0.2) is 59.3 Å². The first kappa shape index (κ1) is 38.8. The van der Waals surface area contributed by atoms with Crippen molar-refractivity contribution in [1.29, 1.82) is 0 Å². The molecule has 0 aliphatic carbocycles. The van der Waals surface area contributed by atoms with Gasteiger partial charge in [-0.1, -0.05) is 6.58 Å². The van der Waals surface area contributed by atoms with Gasteiger partial charge in [0.2, 0.25) is 11.0 Å². The number of aromatic nitrogens is 2. The van der Waals surface area contributed by atoms with Gasteiger partial charge >= 0.3 is 103 Å². The number of carbonyl (C=O) groups excluding carboxylic acids is 1. The van der Waals surface area contributed by atoms with Gasteiger partial charge in [0.25, 0.3) is 0 Å². The monoisotopic (exact) mass is 672 g/mol. The molecule has 1 amide bonds. The van der Waals surface area contributed by atoms with Crippen LogP contribution in [0, 0.1) is 0 Å². The van der Waals surface area contributed by atoms with E-state index in [1.54, 1.807) is 47.4 Å². The first-order valence-electron chi connectivity index (χ1n) is 10.9. The van der Waals surface area contributed by atoms with E-state index in [4.69, 9.17) is 4.74 Å². The van der Waals surface area contributed by atoms with Crippen molar-refractivity contribution in [2.75, 3.05) is 29.6 Å². The van der Waals surface area contributed by atoms with E-state index in [-0.39, 0.29) is 138 Å². The topological polar surface area (TPSA) is 191 Å². The summed E-state index contributed by atoms with van der Waals surface area (Å²) in [6, 6.07) is 12.0. The summed E-state index contributed by atoms with van der Waals surface area (Å²) in [4.78, 5) is 18.1. The second-order valence-corrected chi connectivity index (χ2v) is 10.6. The number of benzene rings is 2. The molecule has 1 N–H and O–H groups in total. The van der Waals surface area contributed by atoms with Gasteiger partial charge in [-0.2, -0.15) is 13.7 Å². The molecule has 1 aromatic heterocycles. The zero-order valence-corrected chi connectivity index (χ0v) is 31.3. The van der Waals surface area contributed by atoms with Crippen molar-refractivity contribution in [3.63, 3.8) is 0 Å². The van der Waals surface area contributed by atoms with Crippen LogP contribution < -0.4 is 123 Å². The van der Waals surface area contributed by atoms with Gasteiger partial charge in [-0.3, -0.25) is 9.83 Å². The van der Waals surface area contributed by atoms with Gasteiger partial charge in [0.15, 0.2) is 5.82 Å². The molecule has 0 fully saturated rings. The molecule has 3 rings (SSSR count). The molecule has 0 radical (unpaired) electrons. The predicted molar refractivity (Wildman–Crippen MR) is 143 cm³/mol. The third-order valence-electron chi connectivity index (χ3n) is 4.83. The summed E-state index contributed by atoms with van der Waals surface area (Å²) in [5.41, 5.74) is 1.93. The average Bonchev–Trinajstić information content (AvgIpc) is 3.37. The molecular weight excluding hydrogens is 651 g/mol. The smallest absolute Gasteiger partial charge is 0.748 e. The van der Waals surface area contributed by atoms with Crippen LogP contribution in [-0.4, -0.2) is 47.6 Å². The Balaban J connectivity index is 0.00000420. The molecule has 14 nitrogen and oxygen atoms in total. The predicted octanol–water partition coefficient (Wildman–Crippen LogP) is -2.16. The first-order valence-corrected chi connectivity index (χ1v) is 14.0. The Bertz CT molecular complexity index is 1440. The number of nitrogens with zero attached hydrogens (tertiary/aromatic N) is 5. The van der Waals surface area contributed by atoms with Gasteiger partial charge < -0.3 is 24.8 Å². The minimum Gasteiger partial charge on any atom is -0.748 e. The summed E-state index contributed by atoms with van der Waals surface area (Å²) in [6.45, 7) is 5.19. The van der Waals surface area contributed by atoms with Gasteiger partial charge in [-0.15, -0.1) is 10.2 Å². The molecular formula is C22H22K2N6O8S3. The number of carbonyl (C=O) groups is 1. The summed E-state index contributed by atoms with van der Waals surface area (Å²) >= 11 is 1.47. The van der Waals surface area contributed by atoms with E-state index < -0.39 is 15.9 Å². The van der Waals surface area contributed by atoms with E-state index in [1.165, 1.54) is 14.0 Å². The largest absolute Gasteiger partial charge is 1.00 e. The fourth-order valence-electron chi connectivity index (χ4n) is 3.20. The number of hydrogen-bond acceptors (Lipinski definition) is 15. The van der Waals surface area contributed by atoms with Crippen molar-refractivity contribution in [1.82, 2.24) is 9.36 Å². The summed E-state index contributed by atoms with van der Waals surface area (Å²) < 4.78 is 46.9. The Hall–Kier alpha value is -0.177. The second kappa shape index (κ2) is 19.3. The molecule has 0 unspecified atom stereocenters. The van der Waals surface area contributed by atoms with Gasteiger partial charge in [-0.25, -0.2) is 8.42 Å². The van der Waals surface area contributed by atoms with E-state index in [1.807, 2.05) is 0 Å². The molecule has 41 heavy (non-hydrogen) atoms. The molecule has 0 aliphatic rings. The molecule has 0 saturated carbocycles. The first-order chi connectivity index (χ1) is 18.6. The fraction of sp³-hybridized carbons (Fsp3) is 0.227. The molecule has 3 aromatic rings. The van der Waals surface area contributed by atoms with Crippen LogP contribution in [0.5, 0.6) is 5.75 Å². The van der Waals surface area contributed by atoms with Gasteiger partial charge in [-0.05, 0) is 48.9 Å². The molecule has 0 bridgehead atoms. The Kier molecular flexibility index (Phi) is 18.2. The van der Waals surface area contributed by atoms with E-state index >= 15 is 0 Å². The summed E-state index contributed by atoms with van der Waals surface area (Å²) in [5, 5.41) is 24.4. The maximum atomic E-state index is 11.9. The van der Waals surface area contributed by atoms with E-state index in [2.05, 4.69) is 40.9 Å². The van der Waals surface area contributed by atoms with Crippen LogP contribution in [0.1, 0.15) is 19.2 Å². The van der Waals surface area contributed by atoms with Gasteiger partial charge in [0.1, 0.15) is 11.4 Å². The van der Waals surface area contributed by atoms with Gasteiger partial charge in [0, 0.05) is 42.1 Å². The zero-order valence-electron chi connectivity index (χ0n) is 22.6. The van der Waals surface area contributed by atoms with E-state index in [9.17, 15) is 23.0 Å². The quantitative estimate of drug-likeness (QED) is 0.0489. The number of hydrogen-bond donors (Lipinski definition) is 1. The Labute approximate surface area is 330 Å². The molecule has 0 saturated heterocycles. The van der Waals surface area contributed by atoms with Crippen LogP contribution in [0.2, 0.25) is 0 Å². The minimum atomic E-state index is -4.39. The SMILES string of the molecule is C=C(SOO[O-])c1nsc(N=Nc2ccc(N(CCCS(=O)(=O)[O-])c3ccc(OC)cc3)cc2NC(C)=O)n1.[K+].[K+]. The van der Waals surface area contributed by atoms with Crippen LogP contribution in [0.3, 0.4) is 0 Å². The second-order valence-electron chi connectivity index (χ2n) is 7.59. The molecule has 0 spiro atoms. The van der Waals surface area contributed by atoms with Crippen LogP contribution in [-0.2, 0) is 24.3 Å². The number of amides is 1. The van der Waals surface area contributed by atoms with E-state index in [0.29, 0.717) is 40.5 Å². The third kappa shape index (κ3) is 13.1. The van der Waals surface area contributed by atoms with Gasteiger partial charge in [0.05, 0.1) is 39.9 Å². The zero-order chi connectivity index (χ0) is 28.4. The fourth-order valence-corrected chi connectivity index (χ4v) is 4.54. The van der Waals surface area contributed by atoms with Crippen molar-refractivity contribution in [2.45, 2.75) is 13.3 Å². The van der Waals surface area contributed by atoms with Crippen LogP contribution in [0.4, 0.5) is 27.9 Å². The van der Waals surface area contributed by atoms with Crippen LogP contribution in [0.25, 0.3) is 4.91 Å². The molecule has 19 heteroatoms. The van der Waals surface area contributed by atoms with Crippen LogP contribution >= 0.6 is 23.6 Å². The number of ether oxygens (including phenoxy) is 1. The number of azo groups is 1. The Morgan fingerprint density at radius 1 is 1.17 bits per heavy atom. The molecule has 0 aliphatic heterocycles. The summed E-state index contributed by atoms with van der Waals surface area (Å²) in [6.07, 6.45) is 0.0731. The standard InChI is InChI=1S/C22H24N6O8S3.2K/c1-14(38-36-35-30)21-24-22(37-27-21)26-25-19-10-7-17(13-20(19)23-15(2)29)28(11-4-12-39(31,32)33)16-5-8-18(34-3)9-6-16;;/h5-10,13,30H,1,4,11-12H2,2-3H3,(H,23,29)(H,31,32,33);;/q;2*+1/p-2. The molecule has 208 valence electrons. The molecule has 2 aromatic carbocycles. The molecule has 0 atom stereocenters. The number of nitrogens with one attached hydrogen (secondary N) is 1. The number of rotatable bonds is 14.